The third-order valence-electron chi connectivity index (χ3n) is 7.20. The van der Waals surface area contributed by atoms with Gasteiger partial charge in [0.05, 0.1) is 40.1 Å². The van der Waals surface area contributed by atoms with Gasteiger partial charge in [0.2, 0.25) is 0 Å². The van der Waals surface area contributed by atoms with Crippen molar-refractivity contribution in [1.82, 2.24) is 4.57 Å². The van der Waals surface area contributed by atoms with Crippen molar-refractivity contribution in [2.75, 3.05) is 6.61 Å². The summed E-state index contributed by atoms with van der Waals surface area (Å²) >= 11 is 7.47. The molecule has 0 N–H and O–H groups in total. The fourth-order valence-corrected chi connectivity index (χ4v) is 6.42. The van der Waals surface area contributed by atoms with Crippen LogP contribution in [0.25, 0.3) is 23.1 Å². The van der Waals surface area contributed by atoms with Crippen molar-refractivity contribution in [3.8, 4) is 11.3 Å². The molecule has 0 saturated heterocycles. The number of rotatable bonds is 8. The Balaban J connectivity index is 1.51. The van der Waals surface area contributed by atoms with E-state index in [4.69, 9.17) is 30.5 Å². The Hall–Kier alpha value is -4.99. The number of halogens is 1. The van der Waals surface area contributed by atoms with E-state index < -0.39 is 18.0 Å². The molecule has 1 atom stereocenters. The van der Waals surface area contributed by atoms with Crippen LogP contribution in [-0.4, -0.2) is 29.2 Å². The summed E-state index contributed by atoms with van der Waals surface area (Å²) in [7, 11) is 0. The van der Waals surface area contributed by atoms with Crippen molar-refractivity contribution in [3.05, 3.63) is 144 Å². The minimum atomic E-state index is -0.776. The monoisotopic (exact) mass is 652 g/mol. The lowest BCUT2D eigenvalue weighted by Crippen LogP contribution is -2.39. The van der Waals surface area contributed by atoms with E-state index in [2.05, 4.69) is 0 Å². The Morgan fingerprint density at radius 3 is 2.41 bits per heavy atom. The first-order valence-electron chi connectivity index (χ1n) is 14.7. The third-order valence-corrected chi connectivity index (χ3v) is 8.42. The van der Waals surface area contributed by atoms with Crippen LogP contribution in [0, 0.1) is 0 Å². The van der Waals surface area contributed by atoms with E-state index in [0.29, 0.717) is 42.7 Å². The molecule has 232 valence electrons. The number of carbonyl (C=O) groups is 2. The molecule has 1 aliphatic heterocycles. The van der Waals surface area contributed by atoms with Gasteiger partial charge in [-0.1, -0.05) is 83.6 Å². The predicted octanol–water partition coefficient (Wildman–Crippen LogP) is 6.41. The molecule has 3 heterocycles. The summed E-state index contributed by atoms with van der Waals surface area (Å²) in [6.45, 7) is 5.45. The van der Waals surface area contributed by atoms with Gasteiger partial charge in [0, 0.05) is 22.2 Å². The molecule has 0 radical (unpaired) electrons. The van der Waals surface area contributed by atoms with Gasteiger partial charge in [-0.2, -0.15) is 0 Å². The van der Waals surface area contributed by atoms with Gasteiger partial charge in [0.1, 0.15) is 11.5 Å². The molecule has 0 amide bonds. The predicted molar refractivity (Wildman–Crippen MR) is 177 cm³/mol. The average Bonchev–Trinajstić information content (AvgIpc) is 3.64. The molecule has 6 rings (SSSR count). The van der Waals surface area contributed by atoms with Crippen molar-refractivity contribution < 1.29 is 23.5 Å². The largest absolute Gasteiger partial charge is 0.463 e. The van der Waals surface area contributed by atoms with Crippen LogP contribution >= 0.6 is 22.9 Å². The van der Waals surface area contributed by atoms with E-state index in [1.807, 2.05) is 60.7 Å². The van der Waals surface area contributed by atoms with Crippen LogP contribution in [0.2, 0.25) is 5.02 Å². The van der Waals surface area contributed by atoms with E-state index >= 15 is 0 Å². The summed E-state index contributed by atoms with van der Waals surface area (Å²) in [5.41, 5.74) is 2.63. The first kappa shape index (κ1) is 31.0. The maximum Gasteiger partial charge on any atom is 0.339 e. The van der Waals surface area contributed by atoms with Gasteiger partial charge in [0.25, 0.3) is 5.56 Å². The van der Waals surface area contributed by atoms with E-state index in [1.54, 1.807) is 57.2 Å². The molecular formula is C36H29ClN2O6S. The molecule has 46 heavy (non-hydrogen) atoms. The second-order valence-corrected chi connectivity index (χ2v) is 12.1. The minimum Gasteiger partial charge on any atom is -0.463 e. The molecule has 10 heteroatoms. The number of esters is 2. The lowest BCUT2D eigenvalue weighted by Gasteiger charge is -2.25. The van der Waals surface area contributed by atoms with Crippen molar-refractivity contribution >= 4 is 46.6 Å². The fourth-order valence-electron chi connectivity index (χ4n) is 5.27. The van der Waals surface area contributed by atoms with Gasteiger partial charge in [-0.25, -0.2) is 14.6 Å². The van der Waals surface area contributed by atoms with Crippen LogP contribution in [-0.2, 0) is 14.3 Å². The summed E-state index contributed by atoms with van der Waals surface area (Å²) in [6, 6.07) is 26.2. The second kappa shape index (κ2) is 13.2. The molecule has 3 aromatic carbocycles. The topological polar surface area (TPSA) is 100 Å². The standard InChI is InChI=1S/C36H29ClN2O6S/c1-4-43-35(42)30-31(22-11-7-5-8-12-22)38-36-39(32(30)23-13-9-6-10-14-23)33(40)29(46-36)20-25-16-18-28(45-25)27-19-24(37)15-17-26(27)34(41)44-21(2)3/h5-21,32H,4H2,1-3H3/b29-20+/t32-/m0/s1. The first-order valence-corrected chi connectivity index (χ1v) is 15.9. The first-order chi connectivity index (χ1) is 22.2. The number of thiazole rings is 1. The minimum absolute atomic E-state index is 0.167. The van der Waals surface area contributed by atoms with Crippen LogP contribution in [0.1, 0.15) is 54.1 Å². The van der Waals surface area contributed by atoms with Crippen molar-refractivity contribution in [3.63, 3.8) is 0 Å². The number of furan rings is 1. The van der Waals surface area contributed by atoms with Crippen molar-refractivity contribution in [2.24, 2.45) is 4.99 Å². The van der Waals surface area contributed by atoms with Gasteiger partial charge in [-0.05, 0) is 56.7 Å². The van der Waals surface area contributed by atoms with Crippen molar-refractivity contribution in [1.29, 1.82) is 0 Å². The third kappa shape index (κ3) is 6.11. The van der Waals surface area contributed by atoms with E-state index in [1.165, 1.54) is 15.9 Å². The zero-order chi connectivity index (χ0) is 32.4. The van der Waals surface area contributed by atoms with Gasteiger partial charge in [-0.3, -0.25) is 9.36 Å². The normalized spacial score (nSPS) is 14.6. The molecule has 5 aromatic rings. The highest BCUT2D eigenvalue weighted by Gasteiger charge is 2.35. The highest BCUT2D eigenvalue weighted by atomic mass is 35.5. The highest BCUT2D eigenvalue weighted by Crippen LogP contribution is 2.35. The molecule has 0 bridgehead atoms. The molecule has 1 aliphatic rings. The number of carbonyl (C=O) groups excluding carboxylic acids is 2. The second-order valence-electron chi connectivity index (χ2n) is 10.7. The van der Waals surface area contributed by atoms with Crippen LogP contribution in [0.3, 0.4) is 0 Å². The molecule has 8 nitrogen and oxygen atoms in total. The fraction of sp³-hybridized carbons (Fsp3) is 0.167. The van der Waals surface area contributed by atoms with Gasteiger partial charge < -0.3 is 13.9 Å². The van der Waals surface area contributed by atoms with Gasteiger partial charge in [0.15, 0.2) is 4.80 Å². The molecule has 0 spiro atoms. The quantitative estimate of drug-likeness (QED) is 0.180. The lowest BCUT2D eigenvalue weighted by atomic mass is 9.93. The van der Waals surface area contributed by atoms with Crippen LogP contribution in [0.4, 0.5) is 0 Å². The maximum absolute atomic E-state index is 14.1. The van der Waals surface area contributed by atoms with E-state index in [0.717, 1.165) is 11.1 Å². The Morgan fingerprint density at radius 2 is 1.72 bits per heavy atom. The van der Waals surface area contributed by atoms with Gasteiger partial charge >= 0.3 is 11.9 Å². The summed E-state index contributed by atoms with van der Waals surface area (Å²) in [4.78, 5) is 45.8. The van der Waals surface area contributed by atoms with Crippen molar-refractivity contribution in [2.45, 2.75) is 32.9 Å². The Bertz CT molecular complexity index is 2150. The number of aromatic nitrogens is 1. The summed E-state index contributed by atoms with van der Waals surface area (Å²) in [5.74, 6) is -0.277. The molecule has 2 aromatic heterocycles. The average molecular weight is 653 g/mol. The molecule has 0 aliphatic carbocycles. The molecular weight excluding hydrogens is 624 g/mol. The van der Waals surface area contributed by atoms with E-state index in [-0.39, 0.29) is 23.8 Å². The Kier molecular flexibility index (Phi) is 8.87. The van der Waals surface area contributed by atoms with Crippen LogP contribution < -0.4 is 14.9 Å². The number of hydrogen-bond acceptors (Lipinski definition) is 8. The number of nitrogens with zero attached hydrogens (tertiary/aromatic N) is 2. The molecule has 0 unspecified atom stereocenters. The summed E-state index contributed by atoms with van der Waals surface area (Å²) < 4.78 is 18.9. The maximum atomic E-state index is 14.1. The van der Waals surface area contributed by atoms with Crippen LogP contribution in [0.5, 0.6) is 0 Å². The Morgan fingerprint density at radius 1 is 1.00 bits per heavy atom. The number of benzene rings is 3. The number of ether oxygens (including phenoxy) is 2. The van der Waals surface area contributed by atoms with E-state index in [9.17, 15) is 14.4 Å². The zero-order valence-electron chi connectivity index (χ0n) is 25.2. The van der Waals surface area contributed by atoms with Crippen LogP contribution in [0.15, 0.2) is 111 Å². The highest BCUT2D eigenvalue weighted by molar-refractivity contribution is 7.07. The molecule has 0 saturated carbocycles. The summed E-state index contributed by atoms with van der Waals surface area (Å²) in [6.07, 6.45) is 1.32. The Labute approximate surface area is 273 Å². The summed E-state index contributed by atoms with van der Waals surface area (Å²) in [5, 5.41) is 0.426. The van der Waals surface area contributed by atoms with Gasteiger partial charge in [-0.15, -0.1) is 0 Å². The lowest BCUT2D eigenvalue weighted by molar-refractivity contribution is -0.138. The smallest absolute Gasteiger partial charge is 0.339 e. The SMILES string of the molecule is CCOC(=O)C1=C(c2ccccc2)N=c2s/c(=C/c3ccc(-c4cc(Cl)ccc4C(=O)OC(C)C)o3)c(=O)n2[C@H]1c1ccccc1. The molecule has 0 fully saturated rings. The number of fused-ring (bicyclic) bond motifs is 1. The zero-order valence-corrected chi connectivity index (χ0v) is 26.8. The number of hydrogen-bond donors (Lipinski definition) is 0.